The van der Waals surface area contributed by atoms with Crippen LogP contribution in [0.15, 0.2) is 18.6 Å². The van der Waals surface area contributed by atoms with Crippen LogP contribution in [0, 0.1) is 0 Å². The van der Waals surface area contributed by atoms with Crippen LogP contribution in [-0.2, 0) is 25.9 Å². The molecule has 0 aliphatic rings. The molecule has 1 N–H and O–H groups in total. The summed E-state index contributed by atoms with van der Waals surface area (Å²) >= 11 is 0. The maximum Gasteiger partial charge on any atom is 0.0953 e. The monoisotopic (exact) mass is 275 g/mol. The van der Waals surface area contributed by atoms with Crippen LogP contribution in [0.25, 0.3) is 0 Å². The minimum absolute atomic E-state index is 0.842. The van der Waals surface area contributed by atoms with E-state index < -0.39 is 0 Å². The SMILES string of the molecule is CCNCCc1cn(Cc2cc(CC)nn2CC)cn1. The van der Waals surface area contributed by atoms with Gasteiger partial charge in [-0.15, -0.1) is 0 Å². The lowest BCUT2D eigenvalue weighted by Gasteiger charge is -2.04. The third-order valence-corrected chi connectivity index (χ3v) is 3.41. The molecule has 0 saturated carbocycles. The molecule has 0 fully saturated rings. The van der Waals surface area contributed by atoms with Gasteiger partial charge in [-0.2, -0.15) is 5.10 Å². The summed E-state index contributed by atoms with van der Waals surface area (Å²) in [6.45, 7) is 10.1. The summed E-state index contributed by atoms with van der Waals surface area (Å²) in [5.74, 6) is 0. The van der Waals surface area contributed by atoms with E-state index in [4.69, 9.17) is 0 Å². The molecule has 5 heteroatoms. The number of nitrogens with zero attached hydrogens (tertiary/aromatic N) is 4. The predicted octanol–water partition coefficient (Wildman–Crippen LogP) is 1.86. The molecule has 0 aromatic carbocycles. The Bertz CT molecular complexity index is 526. The minimum atomic E-state index is 0.842. The molecule has 0 saturated heterocycles. The van der Waals surface area contributed by atoms with Gasteiger partial charge in [-0.1, -0.05) is 13.8 Å². The average Bonchev–Trinajstić information content (AvgIpc) is 3.06. The maximum absolute atomic E-state index is 4.58. The van der Waals surface area contributed by atoms with E-state index in [1.165, 1.54) is 5.69 Å². The summed E-state index contributed by atoms with van der Waals surface area (Å²) in [7, 11) is 0. The molecule has 0 spiro atoms. The van der Waals surface area contributed by atoms with Crippen molar-refractivity contribution in [3.63, 3.8) is 0 Å². The smallest absolute Gasteiger partial charge is 0.0953 e. The van der Waals surface area contributed by atoms with Crippen molar-refractivity contribution in [1.29, 1.82) is 0 Å². The van der Waals surface area contributed by atoms with Crippen LogP contribution in [0.3, 0.4) is 0 Å². The summed E-state index contributed by atoms with van der Waals surface area (Å²) in [6, 6.07) is 2.20. The number of nitrogens with one attached hydrogen (secondary N) is 1. The van der Waals surface area contributed by atoms with Crippen molar-refractivity contribution in [2.24, 2.45) is 0 Å². The van der Waals surface area contributed by atoms with Crippen molar-refractivity contribution >= 4 is 0 Å². The van der Waals surface area contributed by atoms with Crippen LogP contribution in [-0.4, -0.2) is 32.4 Å². The summed E-state index contributed by atoms with van der Waals surface area (Å²) < 4.78 is 4.22. The normalized spacial score (nSPS) is 11.2. The predicted molar refractivity (Wildman–Crippen MR) is 80.9 cm³/mol. The van der Waals surface area contributed by atoms with Gasteiger partial charge in [0.2, 0.25) is 0 Å². The molecule has 5 nitrogen and oxygen atoms in total. The van der Waals surface area contributed by atoms with Crippen molar-refractivity contribution in [3.8, 4) is 0 Å². The molecular formula is C15H25N5. The van der Waals surface area contributed by atoms with E-state index in [9.17, 15) is 0 Å². The van der Waals surface area contributed by atoms with Gasteiger partial charge < -0.3 is 9.88 Å². The number of aryl methyl sites for hydroxylation is 2. The molecular weight excluding hydrogens is 250 g/mol. The third-order valence-electron chi connectivity index (χ3n) is 3.41. The van der Waals surface area contributed by atoms with Gasteiger partial charge >= 0.3 is 0 Å². The second kappa shape index (κ2) is 7.24. The molecule has 0 aliphatic heterocycles. The van der Waals surface area contributed by atoms with Crippen LogP contribution < -0.4 is 5.32 Å². The molecule has 0 amide bonds. The lowest BCUT2D eigenvalue weighted by Crippen LogP contribution is -2.16. The molecule has 2 aromatic rings. The highest BCUT2D eigenvalue weighted by atomic mass is 15.3. The van der Waals surface area contributed by atoms with Gasteiger partial charge in [-0.3, -0.25) is 4.68 Å². The Balaban J connectivity index is 2.00. The number of aromatic nitrogens is 4. The van der Waals surface area contributed by atoms with E-state index in [1.54, 1.807) is 0 Å². The number of rotatable bonds is 8. The zero-order valence-corrected chi connectivity index (χ0v) is 12.8. The molecule has 0 radical (unpaired) electrons. The zero-order chi connectivity index (χ0) is 14.4. The Labute approximate surface area is 121 Å². The second-order valence-electron chi connectivity index (χ2n) is 4.94. The van der Waals surface area contributed by atoms with Crippen LogP contribution in [0.5, 0.6) is 0 Å². The van der Waals surface area contributed by atoms with E-state index in [0.29, 0.717) is 0 Å². The summed E-state index contributed by atoms with van der Waals surface area (Å²) in [4.78, 5) is 4.46. The molecule has 20 heavy (non-hydrogen) atoms. The van der Waals surface area contributed by atoms with E-state index >= 15 is 0 Å². The van der Waals surface area contributed by atoms with Gasteiger partial charge in [-0.05, 0) is 26.0 Å². The van der Waals surface area contributed by atoms with Gasteiger partial charge in [0.15, 0.2) is 0 Å². The number of imidazole rings is 1. The van der Waals surface area contributed by atoms with Crippen LogP contribution in [0.2, 0.25) is 0 Å². The Morgan fingerprint density at radius 2 is 2.05 bits per heavy atom. The molecule has 110 valence electrons. The van der Waals surface area contributed by atoms with Crippen molar-refractivity contribution in [2.45, 2.75) is 46.7 Å². The van der Waals surface area contributed by atoms with Gasteiger partial charge in [0, 0.05) is 25.7 Å². The fourth-order valence-electron chi connectivity index (χ4n) is 2.29. The standard InChI is InChI=1S/C15H25N5/c1-4-13-9-15(20(6-3)18-13)11-19-10-14(17-12-19)7-8-16-5-2/h9-10,12,16H,4-8,11H2,1-3H3. The largest absolute Gasteiger partial charge is 0.331 e. The van der Waals surface area contributed by atoms with E-state index in [-0.39, 0.29) is 0 Å². The number of hydrogen-bond acceptors (Lipinski definition) is 3. The first-order chi connectivity index (χ1) is 9.76. The molecule has 2 rings (SSSR count). The van der Waals surface area contributed by atoms with Crippen LogP contribution in [0.1, 0.15) is 37.9 Å². The Kier molecular flexibility index (Phi) is 5.35. The van der Waals surface area contributed by atoms with Crippen LogP contribution in [0.4, 0.5) is 0 Å². The fourth-order valence-corrected chi connectivity index (χ4v) is 2.29. The van der Waals surface area contributed by atoms with Crippen molar-refractivity contribution in [3.05, 3.63) is 35.7 Å². The molecule has 0 bridgehead atoms. The lowest BCUT2D eigenvalue weighted by atomic mass is 10.3. The number of hydrogen-bond donors (Lipinski definition) is 1. The number of likely N-dealkylation sites (N-methyl/N-ethyl adjacent to an activating group) is 1. The lowest BCUT2D eigenvalue weighted by molar-refractivity contribution is 0.594. The Hall–Kier alpha value is -1.62. The summed E-state index contributed by atoms with van der Waals surface area (Å²) in [6.07, 6.45) is 6.02. The first kappa shape index (κ1) is 14.8. The Morgan fingerprint density at radius 1 is 1.20 bits per heavy atom. The second-order valence-corrected chi connectivity index (χ2v) is 4.94. The van der Waals surface area contributed by atoms with E-state index in [1.807, 2.05) is 6.33 Å². The molecule has 2 heterocycles. The minimum Gasteiger partial charge on any atom is -0.331 e. The Morgan fingerprint density at radius 3 is 2.75 bits per heavy atom. The molecule has 0 atom stereocenters. The molecule has 0 aliphatic carbocycles. The van der Waals surface area contributed by atoms with Crippen molar-refractivity contribution < 1.29 is 0 Å². The van der Waals surface area contributed by atoms with Gasteiger partial charge in [-0.25, -0.2) is 4.98 Å². The zero-order valence-electron chi connectivity index (χ0n) is 12.8. The molecule has 0 unspecified atom stereocenters. The summed E-state index contributed by atoms with van der Waals surface area (Å²) in [5, 5.41) is 7.91. The van der Waals surface area contributed by atoms with Crippen molar-refractivity contribution in [1.82, 2.24) is 24.6 Å². The van der Waals surface area contributed by atoms with Crippen molar-refractivity contribution in [2.75, 3.05) is 13.1 Å². The summed E-state index contributed by atoms with van der Waals surface area (Å²) in [5.41, 5.74) is 3.55. The average molecular weight is 275 g/mol. The van der Waals surface area contributed by atoms with Gasteiger partial charge in [0.05, 0.1) is 30.0 Å². The molecule has 2 aromatic heterocycles. The third kappa shape index (κ3) is 3.70. The van der Waals surface area contributed by atoms with Gasteiger partial charge in [0.1, 0.15) is 0 Å². The highest BCUT2D eigenvalue weighted by Crippen LogP contribution is 2.08. The van der Waals surface area contributed by atoms with E-state index in [0.717, 1.165) is 50.4 Å². The first-order valence-electron chi connectivity index (χ1n) is 7.53. The first-order valence-corrected chi connectivity index (χ1v) is 7.53. The highest BCUT2D eigenvalue weighted by molar-refractivity contribution is 5.12. The topological polar surface area (TPSA) is 47.7 Å². The van der Waals surface area contributed by atoms with Crippen LogP contribution >= 0.6 is 0 Å². The highest BCUT2D eigenvalue weighted by Gasteiger charge is 2.07. The maximum atomic E-state index is 4.58. The quantitative estimate of drug-likeness (QED) is 0.748. The van der Waals surface area contributed by atoms with Gasteiger partial charge in [0.25, 0.3) is 0 Å². The van der Waals surface area contributed by atoms with E-state index in [2.05, 4.69) is 57.7 Å². The fraction of sp³-hybridized carbons (Fsp3) is 0.600.